The number of halogens is 3. The molecule has 2 aliphatic heterocycles. The third-order valence-corrected chi connectivity index (χ3v) is 6.69. The van der Waals surface area contributed by atoms with Crippen molar-refractivity contribution in [1.82, 2.24) is 10.2 Å². The number of likely N-dealkylation sites (tertiary alicyclic amines) is 1. The lowest BCUT2D eigenvalue weighted by molar-refractivity contribution is -0.274. The second-order valence-electron chi connectivity index (χ2n) is 9.07. The van der Waals surface area contributed by atoms with Gasteiger partial charge >= 0.3 is 6.36 Å². The summed E-state index contributed by atoms with van der Waals surface area (Å²) in [5.41, 5.74) is 6.62. The molecule has 0 amide bonds. The van der Waals surface area contributed by atoms with Crippen molar-refractivity contribution in [2.45, 2.75) is 69.4 Å². The molecule has 4 rings (SSSR count). The van der Waals surface area contributed by atoms with Gasteiger partial charge in [-0.25, -0.2) is 0 Å². The molecule has 1 aromatic carbocycles. The molecule has 5 nitrogen and oxygen atoms in total. The molecule has 2 heterocycles. The number of nitrogens with two attached hydrogens (primary N) is 1. The van der Waals surface area contributed by atoms with Crippen LogP contribution in [0.15, 0.2) is 41.5 Å². The molecule has 0 spiro atoms. The maximum absolute atomic E-state index is 12.6. The molecular formula is C23H31F3N4O. The molecular weight excluding hydrogens is 405 g/mol. The molecule has 31 heavy (non-hydrogen) atoms. The van der Waals surface area contributed by atoms with Gasteiger partial charge in [-0.05, 0) is 75.9 Å². The highest BCUT2D eigenvalue weighted by Crippen LogP contribution is 2.35. The zero-order valence-corrected chi connectivity index (χ0v) is 17.7. The molecule has 1 saturated heterocycles. The number of nitrogens with zero attached hydrogens (tertiary/aromatic N) is 2. The normalized spacial score (nSPS) is 30.6. The first-order chi connectivity index (χ1) is 14.8. The lowest BCUT2D eigenvalue weighted by Crippen LogP contribution is -2.49. The van der Waals surface area contributed by atoms with Crippen LogP contribution in [0.4, 0.5) is 13.2 Å². The Bertz CT molecular complexity index is 813. The van der Waals surface area contributed by atoms with E-state index in [1.165, 1.54) is 57.3 Å². The molecule has 1 aliphatic carbocycles. The fourth-order valence-corrected chi connectivity index (χ4v) is 4.96. The Balaban J connectivity index is 1.33. The molecule has 1 atom stereocenters. The van der Waals surface area contributed by atoms with Crippen molar-refractivity contribution in [3.05, 3.63) is 42.1 Å². The minimum absolute atomic E-state index is 0.0967. The van der Waals surface area contributed by atoms with Crippen molar-refractivity contribution in [1.29, 1.82) is 0 Å². The Morgan fingerprint density at radius 1 is 1.16 bits per heavy atom. The van der Waals surface area contributed by atoms with E-state index < -0.39 is 11.9 Å². The minimum atomic E-state index is -4.73. The van der Waals surface area contributed by atoms with Crippen molar-refractivity contribution in [2.24, 2.45) is 16.6 Å². The summed E-state index contributed by atoms with van der Waals surface area (Å²) >= 11 is 0. The quantitative estimate of drug-likeness (QED) is 0.696. The summed E-state index contributed by atoms with van der Waals surface area (Å²) in [5.74, 6) is 1.08. The number of aliphatic imine (C=N–C) groups is 1. The van der Waals surface area contributed by atoms with E-state index in [1.807, 2.05) is 12.3 Å². The molecule has 0 bridgehead atoms. The fourth-order valence-electron chi connectivity index (χ4n) is 4.96. The summed E-state index contributed by atoms with van der Waals surface area (Å²) in [7, 11) is 0. The summed E-state index contributed by atoms with van der Waals surface area (Å²) < 4.78 is 42.0. The molecule has 1 saturated carbocycles. The van der Waals surface area contributed by atoms with E-state index in [4.69, 9.17) is 5.73 Å². The van der Waals surface area contributed by atoms with E-state index in [-0.39, 0.29) is 12.3 Å². The van der Waals surface area contributed by atoms with Crippen LogP contribution < -0.4 is 15.8 Å². The highest BCUT2D eigenvalue weighted by molar-refractivity contribution is 5.85. The van der Waals surface area contributed by atoms with Crippen LogP contribution in [0.3, 0.4) is 0 Å². The zero-order chi connectivity index (χ0) is 21.9. The Labute approximate surface area is 181 Å². The van der Waals surface area contributed by atoms with Crippen molar-refractivity contribution in [3.63, 3.8) is 0 Å². The zero-order valence-electron chi connectivity index (χ0n) is 17.7. The predicted molar refractivity (Wildman–Crippen MR) is 115 cm³/mol. The predicted octanol–water partition coefficient (Wildman–Crippen LogP) is 4.34. The second-order valence-corrected chi connectivity index (χ2v) is 9.07. The fraction of sp³-hybridized carbons (Fsp3) is 0.609. The van der Waals surface area contributed by atoms with Gasteiger partial charge in [0.1, 0.15) is 11.6 Å². The number of hydrogen-bond donors (Lipinski definition) is 2. The lowest BCUT2D eigenvalue weighted by Gasteiger charge is -2.43. The van der Waals surface area contributed by atoms with E-state index in [0.717, 1.165) is 12.5 Å². The third kappa shape index (κ3) is 6.01. The van der Waals surface area contributed by atoms with Gasteiger partial charge in [-0.1, -0.05) is 18.2 Å². The first-order valence-corrected chi connectivity index (χ1v) is 11.1. The summed E-state index contributed by atoms with van der Waals surface area (Å²) in [6.07, 6.45) is 6.79. The number of benzene rings is 1. The molecule has 8 heteroatoms. The number of para-hydroxylation sites is 1. The molecule has 1 aromatic rings. The van der Waals surface area contributed by atoms with Crippen LogP contribution in [-0.2, 0) is 6.54 Å². The maximum atomic E-state index is 12.6. The number of amidine groups is 1. The summed E-state index contributed by atoms with van der Waals surface area (Å²) in [4.78, 5) is 7.11. The molecule has 3 N–H and O–H groups in total. The molecule has 0 aromatic heterocycles. The van der Waals surface area contributed by atoms with Gasteiger partial charge in [0, 0.05) is 23.6 Å². The van der Waals surface area contributed by atoms with Crippen LogP contribution in [0.25, 0.3) is 0 Å². The van der Waals surface area contributed by atoms with Crippen molar-refractivity contribution >= 4 is 5.84 Å². The number of alkyl halides is 3. The number of nitrogens with one attached hydrogen (secondary N) is 1. The first-order valence-electron chi connectivity index (χ1n) is 11.1. The topological polar surface area (TPSA) is 62.9 Å². The van der Waals surface area contributed by atoms with E-state index >= 15 is 0 Å². The van der Waals surface area contributed by atoms with E-state index in [2.05, 4.69) is 19.9 Å². The Morgan fingerprint density at radius 2 is 1.90 bits per heavy atom. The van der Waals surface area contributed by atoms with Crippen molar-refractivity contribution in [2.75, 3.05) is 13.1 Å². The Morgan fingerprint density at radius 3 is 2.58 bits per heavy atom. The van der Waals surface area contributed by atoms with Gasteiger partial charge in [-0.2, -0.15) is 0 Å². The standard InChI is InChI=1S/C23H31F3N4O/c24-23(25,26)31-20-5-2-1-4-18(20)16-29-21-15-22(27,10-11-28-21)14-17-6-8-19(9-7-17)30-12-3-13-30/h1-2,4-5,10-11,17,19H,3,6-9,12-16,27H2,(H,28,29). The van der Waals surface area contributed by atoms with Gasteiger partial charge in [0.25, 0.3) is 0 Å². The summed E-state index contributed by atoms with van der Waals surface area (Å²) in [6.45, 7) is 2.60. The molecule has 0 radical (unpaired) electrons. The maximum Gasteiger partial charge on any atom is 0.573 e. The molecule has 2 fully saturated rings. The van der Waals surface area contributed by atoms with Crippen LogP contribution in [0, 0.1) is 5.92 Å². The number of ether oxygens (including phenoxy) is 1. The van der Waals surface area contributed by atoms with E-state index in [0.29, 0.717) is 23.7 Å². The average Bonchev–Trinajstić information content (AvgIpc) is 2.66. The minimum Gasteiger partial charge on any atom is -0.405 e. The average molecular weight is 437 g/mol. The van der Waals surface area contributed by atoms with Crippen LogP contribution in [0.1, 0.15) is 50.5 Å². The van der Waals surface area contributed by atoms with E-state index in [1.54, 1.807) is 12.1 Å². The number of hydrogen-bond acceptors (Lipinski definition) is 4. The van der Waals surface area contributed by atoms with Crippen LogP contribution in [0.2, 0.25) is 0 Å². The number of rotatable bonds is 6. The van der Waals surface area contributed by atoms with Gasteiger partial charge in [0.15, 0.2) is 0 Å². The van der Waals surface area contributed by atoms with Crippen molar-refractivity contribution < 1.29 is 17.9 Å². The highest BCUT2D eigenvalue weighted by atomic mass is 19.4. The molecule has 1 unspecified atom stereocenters. The molecule has 3 aliphatic rings. The largest absolute Gasteiger partial charge is 0.573 e. The smallest absolute Gasteiger partial charge is 0.405 e. The van der Waals surface area contributed by atoms with Crippen LogP contribution in [-0.4, -0.2) is 41.8 Å². The highest BCUT2D eigenvalue weighted by Gasteiger charge is 2.35. The van der Waals surface area contributed by atoms with Gasteiger partial charge in [-0.15, -0.1) is 13.2 Å². The Hall–Kier alpha value is -2.06. The first kappa shape index (κ1) is 22.1. The molecule has 170 valence electrons. The van der Waals surface area contributed by atoms with Crippen LogP contribution >= 0.6 is 0 Å². The van der Waals surface area contributed by atoms with Gasteiger partial charge in [0.05, 0.1) is 6.54 Å². The van der Waals surface area contributed by atoms with Crippen LogP contribution in [0.5, 0.6) is 5.75 Å². The lowest BCUT2D eigenvalue weighted by atomic mass is 9.75. The SMILES string of the molecule is NC1(CC2CCC(N3CCC3)CC2)C=CNC(=NCc2ccccc2OC(F)(F)F)C1. The third-order valence-electron chi connectivity index (χ3n) is 6.69. The Kier molecular flexibility index (Phi) is 6.57. The van der Waals surface area contributed by atoms with Gasteiger partial charge in [-0.3, -0.25) is 4.99 Å². The van der Waals surface area contributed by atoms with Crippen molar-refractivity contribution in [3.8, 4) is 5.75 Å². The van der Waals surface area contributed by atoms with Gasteiger partial charge in [0.2, 0.25) is 0 Å². The van der Waals surface area contributed by atoms with E-state index in [9.17, 15) is 13.2 Å². The summed E-state index contributed by atoms with van der Waals surface area (Å²) in [5, 5.41) is 3.11. The van der Waals surface area contributed by atoms with Gasteiger partial charge < -0.3 is 20.7 Å². The summed E-state index contributed by atoms with van der Waals surface area (Å²) in [6, 6.07) is 6.84. The second kappa shape index (κ2) is 9.20. The monoisotopic (exact) mass is 436 g/mol.